The molecule has 0 fully saturated rings. The van der Waals surface area contributed by atoms with Crippen LogP contribution in [0.15, 0.2) is 12.2 Å². The van der Waals surface area contributed by atoms with Crippen LogP contribution in [0.4, 0.5) is 0 Å². The lowest BCUT2D eigenvalue weighted by molar-refractivity contribution is -0.870. The maximum absolute atomic E-state index is 12.9. The van der Waals surface area contributed by atoms with Crippen LogP contribution < -0.4 is 5.32 Å². The minimum Gasteiger partial charge on any atom is -0.391 e. The molecule has 3 atom stereocenters. The van der Waals surface area contributed by atoms with Crippen molar-refractivity contribution in [1.29, 1.82) is 0 Å². The minimum absolute atomic E-state index is 0.0752. The highest BCUT2D eigenvalue weighted by molar-refractivity contribution is 7.47. The van der Waals surface area contributed by atoms with E-state index in [1.165, 1.54) is 180 Å². The van der Waals surface area contributed by atoms with Gasteiger partial charge in [0.15, 0.2) is 0 Å². The lowest BCUT2D eigenvalue weighted by Crippen LogP contribution is -2.46. The van der Waals surface area contributed by atoms with E-state index >= 15 is 0 Å². The third-order valence-corrected chi connectivity index (χ3v) is 13.0. The van der Waals surface area contributed by atoms with E-state index in [1.54, 1.807) is 0 Å². The summed E-state index contributed by atoms with van der Waals surface area (Å²) in [5.74, 6) is -0.150. The topological polar surface area (TPSA) is 105 Å². The minimum atomic E-state index is -4.32. The van der Waals surface area contributed by atoms with Gasteiger partial charge in [0, 0.05) is 6.42 Å². The highest BCUT2D eigenvalue weighted by Gasteiger charge is 2.28. The molecule has 0 rings (SSSR count). The van der Waals surface area contributed by atoms with Gasteiger partial charge >= 0.3 is 7.82 Å². The van der Waals surface area contributed by atoms with Crippen LogP contribution in [0.5, 0.6) is 0 Å². The van der Waals surface area contributed by atoms with Crippen molar-refractivity contribution < 1.29 is 32.9 Å². The molecule has 3 unspecified atom stereocenters. The fraction of sp³-hybridized carbons (Fsp3) is 0.941. The van der Waals surface area contributed by atoms with Crippen molar-refractivity contribution in [2.75, 3.05) is 40.9 Å². The SMILES string of the molecule is CCCCCCC/C=C\CCCCCCCC(=O)NC(COP(=O)(O)OCC[N+](C)(C)C)C(O)CCCCCCCCCCCCCCCCCCCCCCCCCC. The number of hydrogen-bond donors (Lipinski definition) is 3. The summed E-state index contributed by atoms with van der Waals surface area (Å²) in [5, 5.41) is 14.0. The molecule has 0 saturated heterocycles. The number of hydrogen-bond acceptors (Lipinski definition) is 5. The average molecular weight is 872 g/mol. The predicted molar refractivity (Wildman–Crippen MR) is 259 cm³/mol. The first kappa shape index (κ1) is 59.2. The zero-order valence-corrected chi connectivity index (χ0v) is 41.6. The van der Waals surface area contributed by atoms with E-state index in [4.69, 9.17) is 9.05 Å². The van der Waals surface area contributed by atoms with E-state index in [9.17, 15) is 19.4 Å². The second-order valence-electron chi connectivity index (χ2n) is 19.3. The van der Waals surface area contributed by atoms with Gasteiger partial charge in [-0.1, -0.05) is 225 Å². The number of amides is 1. The molecule has 0 aromatic carbocycles. The van der Waals surface area contributed by atoms with Crippen LogP contribution >= 0.6 is 7.82 Å². The molecule has 0 aliphatic rings. The highest BCUT2D eigenvalue weighted by Crippen LogP contribution is 2.43. The molecular weight excluding hydrogens is 768 g/mol. The number of carbonyl (C=O) groups is 1. The van der Waals surface area contributed by atoms with Crippen LogP contribution in [0.25, 0.3) is 0 Å². The summed E-state index contributed by atoms with van der Waals surface area (Å²) in [6.45, 7) is 4.90. The Kier molecular flexibility index (Phi) is 42.9. The summed E-state index contributed by atoms with van der Waals surface area (Å²) in [6.07, 6.45) is 51.1. The van der Waals surface area contributed by atoms with Gasteiger partial charge in [-0.2, -0.15) is 0 Å². The zero-order chi connectivity index (χ0) is 44.3. The van der Waals surface area contributed by atoms with Gasteiger partial charge in [-0.05, 0) is 38.5 Å². The molecule has 9 heteroatoms. The van der Waals surface area contributed by atoms with Gasteiger partial charge in [0.05, 0.1) is 39.9 Å². The number of nitrogens with one attached hydrogen (secondary N) is 1. The Labute approximate surface area is 373 Å². The number of allylic oxidation sites excluding steroid dienone is 2. The van der Waals surface area contributed by atoms with Crippen molar-refractivity contribution in [3.8, 4) is 0 Å². The van der Waals surface area contributed by atoms with E-state index in [2.05, 4.69) is 31.3 Å². The number of aliphatic hydroxyl groups excluding tert-OH is 1. The van der Waals surface area contributed by atoms with Crippen molar-refractivity contribution >= 4 is 13.7 Å². The molecule has 0 aliphatic carbocycles. The quantitative estimate of drug-likeness (QED) is 0.0243. The van der Waals surface area contributed by atoms with Gasteiger partial charge in [0.25, 0.3) is 0 Å². The lowest BCUT2D eigenvalue weighted by Gasteiger charge is -2.26. The van der Waals surface area contributed by atoms with Crippen LogP contribution in [0.3, 0.4) is 0 Å². The number of quaternary nitrogens is 1. The fourth-order valence-electron chi connectivity index (χ4n) is 7.87. The Balaban J connectivity index is 4.18. The van der Waals surface area contributed by atoms with E-state index in [0.29, 0.717) is 23.9 Å². The van der Waals surface area contributed by atoms with E-state index < -0.39 is 20.0 Å². The number of nitrogens with zero attached hydrogens (tertiary/aromatic N) is 1. The highest BCUT2D eigenvalue weighted by atomic mass is 31.2. The summed E-state index contributed by atoms with van der Waals surface area (Å²) < 4.78 is 23.7. The Morgan fingerprint density at radius 2 is 0.900 bits per heavy atom. The summed E-state index contributed by atoms with van der Waals surface area (Å²) in [4.78, 5) is 23.2. The molecule has 0 bridgehead atoms. The first-order valence-electron chi connectivity index (χ1n) is 26.1. The Hall–Kier alpha value is -0.760. The molecule has 0 radical (unpaired) electrons. The van der Waals surface area contributed by atoms with Crippen LogP contribution in [-0.2, 0) is 18.4 Å². The standard InChI is InChI=1S/C51H103N2O6P/c1-6-8-10-12-14-16-18-20-22-23-24-25-26-27-28-29-30-31-32-34-36-38-40-42-44-50(54)49(48-59-60(56,57)58-47-46-53(3,4)5)52-51(55)45-43-41-39-37-35-33-21-19-17-15-13-11-9-7-2/h19,21,49-50,54H,6-18,20,22-48H2,1-5H3,(H-,52,55,56,57)/p+1/b21-19-. The van der Waals surface area contributed by atoms with Gasteiger partial charge in [0.1, 0.15) is 13.2 Å². The van der Waals surface area contributed by atoms with Crippen LogP contribution in [-0.4, -0.2) is 73.4 Å². The van der Waals surface area contributed by atoms with Crippen molar-refractivity contribution in [3.05, 3.63) is 12.2 Å². The first-order chi connectivity index (χ1) is 29.0. The van der Waals surface area contributed by atoms with Crippen molar-refractivity contribution in [1.82, 2.24) is 5.32 Å². The van der Waals surface area contributed by atoms with Crippen LogP contribution in [0.1, 0.15) is 258 Å². The monoisotopic (exact) mass is 872 g/mol. The predicted octanol–water partition coefficient (Wildman–Crippen LogP) is 15.1. The molecule has 0 aliphatic heterocycles. The molecular formula is C51H104N2O6P+. The zero-order valence-electron chi connectivity index (χ0n) is 40.7. The van der Waals surface area contributed by atoms with Gasteiger partial charge < -0.3 is 19.8 Å². The van der Waals surface area contributed by atoms with Gasteiger partial charge in [-0.15, -0.1) is 0 Å². The number of phosphoric ester groups is 1. The smallest absolute Gasteiger partial charge is 0.391 e. The van der Waals surface area contributed by atoms with Crippen molar-refractivity contribution in [2.45, 2.75) is 270 Å². The maximum Gasteiger partial charge on any atom is 0.472 e. The second-order valence-corrected chi connectivity index (χ2v) is 20.7. The van der Waals surface area contributed by atoms with Gasteiger partial charge in [-0.3, -0.25) is 13.8 Å². The Morgan fingerprint density at radius 1 is 0.550 bits per heavy atom. The number of phosphoric acid groups is 1. The summed E-state index contributed by atoms with van der Waals surface area (Å²) >= 11 is 0. The number of unbranched alkanes of at least 4 members (excludes halogenated alkanes) is 33. The summed E-state index contributed by atoms with van der Waals surface area (Å²) in [7, 11) is 1.62. The third kappa shape index (κ3) is 45.3. The maximum atomic E-state index is 12.9. The number of carbonyl (C=O) groups excluding carboxylic acids is 1. The second kappa shape index (κ2) is 43.5. The molecule has 8 nitrogen and oxygen atoms in total. The van der Waals surface area contributed by atoms with Crippen LogP contribution in [0, 0.1) is 0 Å². The largest absolute Gasteiger partial charge is 0.472 e. The molecule has 3 N–H and O–H groups in total. The molecule has 0 aromatic heterocycles. The fourth-order valence-corrected chi connectivity index (χ4v) is 8.60. The molecule has 1 amide bonds. The van der Waals surface area contributed by atoms with Crippen molar-refractivity contribution in [2.24, 2.45) is 0 Å². The average Bonchev–Trinajstić information content (AvgIpc) is 3.20. The van der Waals surface area contributed by atoms with E-state index in [0.717, 1.165) is 51.4 Å². The summed E-state index contributed by atoms with van der Waals surface area (Å²) in [6, 6.07) is -0.761. The Morgan fingerprint density at radius 3 is 1.28 bits per heavy atom. The molecule has 0 spiro atoms. The molecule has 0 aromatic rings. The normalized spacial score (nSPS) is 14.2. The van der Waals surface area contributed by atoms with Gasteiger partial charge in [-0.25, -0.2) is 4.57 Å². The molecule has 0 heterocycles. The number of rotatable bonds is 48. The lowest BCUT2D eigenvalue weighted by atomic mass is 10.0. The van der Waals surface area contributed by atoms with Crippen LogP contribution in [0.2, 0.25) is 0 Å². The van der Waals surface area contributed by atoms with E-state index in [-0.39, 0.29) is 19.1 Å². The molecule has 0 saturated carbocycles. The molecule has 358 valence electrons. The number of likely N-dealkylation sites (N-methyl/N-ethyl adjacent to an activating group) is 1. The third-order valence-electron chi connectivity index (χ3n) is 12.0. The summed E-state index contributed by atoms with van der Waals surface area (Å²) in [5.41, 5.74) is 0. The van der Waals surface area contributed by atoms with E-state index in [1.807, 2.05) is 21.1 Å². The van der Waals surface area contributed by atoms with Crippen molar-refractivity contribution in [3.63, 3.8) is 0 Å². The Bertz CT molecular complexity index is 989. The first-order valence-corrected chi connectivity index (χ1v) is 27.5. The van der Waals surface area contributed by atoms with Gasteiger partial charge in [0.2, 0.25) is 5.91 Å². The number of aliphatic hydroxyl groups is 1. The molecule has 60 heavy (non-hydrogen) atoms.